The first-order valence-corrected chi connectivity index (χ1v) is 9.37. The lowest BCUT2D eigenvalue weighted by Crippen LogP contribution is -2.51. The van der Waals surface area contributed by atoms with Gasteiger partial charge in [-0.3, -0.25) is 0 Å². The van der Waals surface area contributed by atoms with Crippen molar-refractivity contribution in [3.05, 3.63) is 63.6 Å². The van der Waals surface area contributed by atoms with Gasteiger partial charge in [0.1, 0.15) is 5.75 Å². The van der Waals surface area contributed by atoms with Crippen LogP contribution in [0.5, 0.6) is 5.75 Å². The number of hydrogen-bond donors (Lipinski definition) is 0. The van der Waals surface area contributed by atoms with Crippen molar-refractivity contribution in [1.29, 1.82) is 0 Å². The Balaban J connectivity index is 1.78. The summed E-state index contributed by atoms with van der Waals surface area (Å²) in [7, 11) is 0. The van der Waals surface area contributed by atoms with Crippen LogP contribution in [0.2, 0.25) is 10.0 Å². The van der Waals surface area contributed by atoms with Gasteiger partial charge < -0.3 is 4.74 Å². The van der Waals surface area contributed by atoms with Gasteiger partial charge in [-0.1, -0.05) is 48.7 Å². The zero-order valence-corrected chi connectivity index (χ0v) is 15.8. The van der Waals surface area contributed by atoms with Crippen molar-refractivity contribution in [3.63, 3.8) is 0 Å². The molecule has 0 amide bonds. The first-order chi connectivity index (χ1) is 12.0. The highest BCUT2D eigenvalue weighted by Crippen LogP contribution is 2.48. The average Bonchev–Trinajstić information content (AvgIpc) is 3.03. The summed E-state index contributed by atoms with van der Waals surface area (Å²) >= 11 is 12.3. The van der Waals surface area contributed by atoms with Crippen LogP contribution in [0.15, 0.2) is 47.6 Å². The third-order valence-electron chi connectivity index (χ3n) is 4.95. The molecule has 2 unspecified atom stereocenters. The van der Waals surface area contributed by atoms with Crippen LogP contribution in [0.3, 0.4) is 0 Å². The lowest BCUT2D eigenvalue weighted by Gasteiger charge is -2.45. The maximum absolute atomic E-state index is 6.37. The summed E-state index contributed by atoms with van der Waals surface area (Å²) in [6.45, 7) is 4.29. The molecule has 0 bridgehead atoms. The molecule has 0 fully saturated rings. The Kier molecular flexibility index (Phi) is 4.17. The molecular formula is C20H20Cl2N2O. The van der Waals surface area contributed by atoms with Gasteiger partial charge in [0, 0.05) is 28.5 Å². The number of hydrogen-bond acceptors (Lipinski definition) is 3. The Morgan fingerprint density at radius 1 is 1.16 bits per heavy atom. The van der Waals surface area contributed by atoms with E-state index in [0.29, 0.717) is 0 Å². The van der Waals surface area contributed by atoms with E-state index < -0.39 is 5.72 Å². The molecule has 25 heavy (non-hydrogen) atoms. The van der Waals surface area contributed by atoms with Gasteiger partial charge in [-0.2, -0.15) is 5.10 Å². The molecule has 0 aliphatic carbocycles. The fourth-order valence-electron chi connectivity index (χ4n) is 3.79. The van der Waals surface area contributed by atoms with Gasteiger partial charge in [0.25, 0.3) is 0 Å². The maximum Gasteiger partial charge on any atom is 0.195 e. The van der Waals surface area contributed by atoms with E-state index in [9.17, 15) is 0 Å². The van der Waals surface area contributed by atoms with Gasteiger partial charge in [-0.15, -0.1) is 0 Å². The average molecular weight is 375 g/mol. The minimum Gasteiger partial charge on any atom is -0.466 e. The van der Waals surface area contributed by atoms with Crippen molar-refractivity contribution in [2.24, 2.45) is 5.10 Å². The van der Waals surface area contributed by atoms with E-state index in [-0.39, 0.29) is 6.04 Å². The van der Waals surface area contributed by atoms with E-state index in [1.54, 1.807) is 0 Å². The highest BCUT2D eigenvalue weighted by Gasteiger charge is 2.47. The third kappa shape index (κ3) is 2.90. The molecule has 2 atom stereocenters. The SMILES string of the molecule is CCCC1(C)Oc2ccc(Cl)cc2C2CC(c3ccc(Cl)cc3)=NN21. The minimum atomic E-state index is -0.450. The topological polar surface area (TPSA) is 24.8 Å². The summed E-state index contributed by atoms with van der Waals surface area (Å²) in [5.41, 5.74) is 2.81. The van der Waals surface area contributed by atoms with Crippen LogP contribution in [0.1, 0.15) is 50.3 Å². The predicted molar refractivity (Wildman–Crippen MR) is 103 cm³/mol. The lowest BCUT2D eigenvalue weighted by atomic mass is 9.94. The van der Waals surface area contributed by atoms with Crippen LogP contribution >= 0.6 is 23.2 Å². The lowest BCUT2D eigenvalue weighted by molar-refractivity contribution is -0.111. The second-order valence-corrected chi connectivity index (χ2v) is 7.70. The quantitative estimate of drug-likeness (QED) is 0.652. The van der Waals surface area contributed by atoms with E-state index in [4.69, 9.17) is 33.0 Å². The second kappa shape index (κ2) is 6.22. The Morgan fingerprint density at radius 3 is 2.60 bits per heavy atom. The van der Waals surface area contributed by atoms with Gasteiger partial charge in [0.15, 0.2) is 5.72 Å². The molecule has 2 heterocycles. The zero-order valence-electron chi connectivity index (χ0n) is 14.3. The predicted octanol–water partition coefficient (Wildman–Crippen LogP) is 6.05. The van der Waals surface area contributed by atoms with Gasteiger partial charge in [-0.05, 0) is 42.8 Å². The third-order valence-corrected chi connectivity index (χ3v) is 5.43. The van der Waals surface area contributed by atoms with Crippen LogP contribution in [0.4, 0.5) is 0 Å². The highest BCUT2D eigenvalue weighted by molar-refractivity contribution is 6.31. The molecule has 0 aromatic heterocycles. The summed E-state index contributed by atoms with van der Waals surface area (Å²) in [5, 5.41) is 8.53. The molecule has 0 saturated carbocycles. The molecule has 4 rings (SSSR count). The Hall–Kier alpha value is -1.71. The second-order valence-electron chi connectivity index (χ2n) is 6.83. The number of halogens is 2. The van der Waals surface area contributed by atoms with Gasteiger partial charge in [0.2, 0.25) is 0 Å². The highest BCUT2D eigenvalue weighted by atomic mass is 35.5. The Morgan fingerprint density at radius 2 is 1.88 bits per heavy atom. The minimum absolute atomic E-state index is 0.143. The number of ether oxygens (including phenoxy) is 1. The van der Waals surface area contributed by atoms with Crippen molar-refractivity contribution >= 4 is 28.9 Å². The molecule has 2 aliphatic heterocycles. The molecule has 2 aliphatic rings. The van der Waals surface area contributed by atoms with Crippen LogP contribution in [0.25, 0.3) is 0 Å². The number of nitrogens with zero attached hydrogens (tertiary/aromatic N) is 2. The maximum atomic E-state index is 6.37. The van der Waals surface area contributed by atoms with Crippen molar-refractivity contribution in [2.45, 2.75) is 44.9 Å². The van der Waals surface area contributed by atoms with Crippen molar-refractivity contribution < 1.29 is 4.74 Å². The first-order valence-electron chi connectivity index (χ1n) is 8.61. The summed E-state index contributed by atoms with van der Waals surface area (Å²) in [4.78, 5) is 0. The monoisotopic (exact) mass is 374 g/mol. The van der Waals surface area contributed by atoms with E-state index >= 15 is 0 Å². The number of rotatable bonds is 3. The first kappa shape index (κ1) is 16.7. The van der Waals surface area contributed by atoms with E-state index in [2.05, 4.69) is 18.9 Å². The van der Waals surface area contributed by atoms with E-state index in [1.165, 1.54) is 0 Å². The van der Waals surface area contributed by atoms with Crippen molar-refractivity contribution in [1.82, 2.24) is 5.01 Å². The summed E-state index contributed by atoms with van der Waals surface area (Å²) in [6.07, 6.45) is 2.76. The standard InChI is InChI=1S/C20H20Cl2N2O/c1-3-10-20(2)24-18(16-11-15(22)8-9-19(16)25-20)12-17(23-24)13-4-6-14(21)7-5-13/h4-9,11,18H,3,10,12H2,1-2H3. The molecule has 0 N–H and O–H groups in total. The number of fused-ring (bicyclic) bond motifs is 3. The molecule has 0 radical (unpaired) electrons. The van der Waals surface area contributed by atoms with Crippen LogP contribution in [0, 0.1) is 0 Å². The summed E-state index contributed by atoms with van der Waals surface area (Å²) in [6, 6.07) is 13.9. The summed E-state index contributed by atoms with van der Waals surface area (Å²) in [5.74, 6) is 0.911. The Labute approximate surface area is 158 Å². The van der Waals surface area contributed by atoms with Crippen LogP contribution < -0.4 is 4.74 Å². The van der Waals surface area contributed by atoms with Crippen LogP contribution in [-0.4, -0.2) is 16.4 Å². The van der Waals surface area contributed by atoms with E-state index in [1.807, 2.05) is 42.5 Å². The molecule has 2 aromatic carbocycles. The van der Waals surface area contributed by atoms with Crippen LogP contribution in [-0.2, 0) is 0 Å². The number of benzene rings is 2. The van der Waals surface area contributed by atoms with Crippen molar-refractivity contribution in [3.8, 4) is 5.75 Å². The molecule has 2 aromatic rings. The molecule has 130 valence electrons. The van der Waals surface area contributed by atoms with Gasteiger partial charge in [0.05, 0.1) is 11.8 Å². The van der Waals surface area contributed by atoms with Gasteiger partial charge in [-0.25, -0.2) is 5.01 Å². The Bertz CT molecular complexity index is 834. The fourth-order valence-corrected chi connectivity index (χ4v) is 4.10. The number of hydrazone groups is 1. The van der Waals surface area contributed by atoms with E-state index in [0.717, 1.165) is 51.9 Å². The molecule has 0 spiro atoms. The molecular weight excluding hydrogens is 355 g/mol. The van der Waals surface area contributed by atoms with Gasteiger partial charge >= 0.3 is 0 Å². The fraction of sp³-hybridized carbons (Fsp3) is 0.350. The zero-order chi connectivity index (χ0) is 17.6. The molecule has 5 heteroatoms. The molecule has 0 saturated heterocycles. The largest absolute Gasteiger partial charge is 0.466 e. The molecule has 3 nitrogen and oxygen atoms in total. The normalized spacial score (nSPS) is 24.4. The smallest absolute Gasteiger partial charge is 0.195 e. The van der Waals surface area contributed by atoms with Crippen molar-refractivity contribution in [2.75, 3.05) is 0 Å². The summed E-state index contributed by atoms with van der Waals surface area (Å²) < 4.78 is 6.37.